The smallest absolute Gasteiger partial charge is 0.106 e. The summed E-state index contributed by atoms with van der Waals surface area (Å²) in [5.74, 6) is 1.21. The first-order valence-electron chi connectivity index (χ1n) is 7.58. The topological polar surface area (TPSA) is 29.9 Å². The average Bonchev–Trinajstić information content (AvgIpc) is 2.70. The van der Waals surface area contributed by atoms with E-state index in [0.717, 1.165) is 19.6 Å². The van der Waals surface area contributed by atoms with E-state index in [2.05, 4.69) is 23.7 Å². The molecule has 0 bridgehead atoms. The molecule has 1 aliphatic carbocycles. The minimum atomic E-state index is 1.08. The minimum absolute atomic E-state index is 1.08. The molecule has 1 heterocycles. The molecule has 0 radical (unpaired) electrons. The van der Waals surface area contributed by atoms with Crippen molar-refractivity contribution < 1.29 is 0 Å². The number of hydrogen-bond acceptors (Lipinski definition) is 2. The average molecular weight is 249 g/mol. The highest BCUT2D eigenvalue weighted by Crippen LogP contribution is 2.21. The van der Waals surface area contributed by atoms with Crippen LogP contribution in [-0.2, 0) is 19.4 Å². The van der Waals surface area contributed by atoms with Crippen molar-refractivity contribution in [1.82, 2.24) is 14.9 Å². The number of rotatable bonds is 7. The van der Waals surface area contributed by atoms with E-state index in [4.69, 9.17) is 4.98 Å². The number of nitrogens with zero attached hydrogens (tertiary/aromatic N) is 2. The second-order valence-corrected chi connectivity index (χ2v) is 5.37. The fourth-order valence-electron chi connectivity index (χ4n) is 2.85. The molecule has 3 nitrogen and oxygen atoms in total. The van der Waals surface area contributed by atoms with Crippen LogP contribution in [0, 0.1) is 6.92 Å². The van der Waals surface area contributed by atoms with Gasteiger partial charge in [-0.25, -0.2) is 4.98 Å². The molecule has 0 saturated carbocycles. The Bertz CT molecular complexity index is 368. The first kappa shape index (κ1) is 13.6. The third-order valence-corrected chi connectivity index (χ3v) is 3.89. The Morgan fingerprint density at radius 3 is 2.83 bits per heavy atom. The van der Waals surface area contributed by atoms with Crippen LogP contribution in [0.15, 0.2) is 0 Å². The Hall–Kier alpha value is -0.830. The maximum absolute atomic E-state index is 4.71. The number of imidazole rings is 1. The second kappa shape index (κ2) is 6.93. The Labute approximate surface area is 111 Å². The van der Waals surface area contributed by atoms with Gasteiger partial charge < -0.3 is 9.88 Å². The number of hydrogen-bond donors (Lipinski definition) is 1. The molecular weight excluding hydrogens is 222 g/mol. The van der Waals surface area contributed by atoms with Crippen LogP contribution in [0.2, 0.25) is 0 Å². The van der Waals surface area contributed by atoms with E-state index in [0.29, 0.717) is 0 Å². The third kappa shape index (κ3) is 3.35. The van der Waals surface area contributed by atoms with Gasteiger partial charge in [0, 0.05) is 18.8 Å². The zero-order valence-electron chi connectivity index (χ0n) is 12.0. The van der Waals surface area contributed by atoms with Crippen molar-refractivity contribution in [3.05, 3.63) is 17.2 Å². The maximum atomic E-state index is 4.71. The molecule has 1 aromatic heterocycles. The van der Waals surface area contributed by atoms with Gasteiger partial charge in [0.15, 0.2) is 0 Å². The fraction of sp³-hybridized carbons (Fsp3) is 0.800. The molecule has 1 N–H and O–H groups in total. The maximum Gasteiger partial charge on any atom is 0.106 e. The molecule has 18 heavy (non-hydrogen) atoms. The lowest BCUT2D eigenvalue weighted by atomic mass is 10.0. The number of aryl methyl sites for hydroxylation is 2. The first-order chi connectivity index (χ1) is 8.83. The van der Waals surface area contributed by atoms with Gasteiger partial charge in [-0.2, -0.15) is 0 Å². The minimum Gasteiger partial charge on any atom is -0.331 e. The van der Waals surface area contributed by atoms with Gasteiger partial charge in [0.1, 0.15) is 5.82 Å². The second-order valence-electron chi connectivity index (χ2n) is 5.37. The van der Waals surface area contributed by atoms with Crippen LogP contribution in [0.1, 0.15) is 56.2 Å². The summed E-state index contributed by atoms with van der Waals surface area (Å²) >= 11 is 0. The standard InChI is InChI=1S/C15H27N3/c1-3-4-7-10-16-11-12-18-13(2)17-14-8-5-6-9-15(14)18/h16H,3-12H2,1-2H3. The summed E-state index contributed by atoms with van der Waals surface area (Å²) in [6.45, 7) is 7.72. The SMILES string of the molecule is CCCCCNCCn1c(C)nc2c1CCCC2. The quantitative estimate of drug-likeness (QED) is 0.753. The van der Waals surface area contributed by atoms with Crippen molar-refractivity contribution in [2.45, 2.75) is 65.3 Å². The predicted molar refractivity (Wildman–Crippen MR) is 76.0 cm³/mol. The molecule has 3 heteroatoms. The number of unbranched alkanes of at least 4 members (excludes halogenated alkanes) is 2. The monoisotopic (exact) mass is 249 g/mol. The van der Waals surface area contributed by atoms with Gasteiger partial charge in [0.25, 0.3) is 0 Å². The molecule has 0 aromatic carbocycles. The fourth-order valence-corrected chi connectivity index (χ4v) is 2.85. The third-order valence-electron chi connectivity index (χ3n) is 3.89. The molecular formula is C15H27N3. The zero-order valence-corrected chi connectivity index (χ0v) is 12.0. The highest BCUT2D eigenvalue weighted by molar-refractivity contribution is 5.19. The Morgan fingerprint density at radius 2 is 2.00 bits per heavy atom. The highest BCUT2D eigenvalue weighted by Gasteiger charge is 2.17. The summed E-state index contributed by atoms with van der Waals surface area (Å²) in [5, 5.41) is 3.54. The molecule has 0 fully saturated rings. The summed E-state index contributed by atoms with van der Waals surface area (Å²) < 4.78 is 2.43. The van der Waals surface area contributed by atoms with Crippen molar-refractivity contribution in [3.8, 4) is 0 Å². The van der Waals surface area contributed by atoms with Crippen LogP contribution in [0.5, 0.6) is 0 Å². The molecule has 0 saturated heterocycles. The molecule has 0 unspecified atom stereocenters. The largest absolute Gasteiger partial charge is 0.331 e. The van der Waals surface area contributed by atoms with E-state index >= 15 is 0 Å². The van der Waals surface area contributed by atoms with Gasteiger partial charge in [0.05, 0.1) is 5.69 Å². The van der Waals surface area contributed by atoms with Crippen molar-refractivity contribution in [3.63, 3.8) is 0 Å². The van der Waals surface area contributed by atoms with Crippen LogP contribution in [0.25, 0.3) is 0 Å². The van der Waals surface area contributed by atoms with Crippen molar-refractivity contribution in [2.24, 2.45) is 0 Å². The number of aromatic nitrogens is 2. The molecule has 102 valence electrons. The van der Waals surface area contributed by atoms with Gasteiger partial charge in [-0.3, -0.25) is 0 Å². The van der Waals surface area contributed by atoms with E-state index in [1.54, 1.807) is 0 Å². The Kier molecular flexibility index (Phi) is 5.24. The van der Waals surface area contributed by atoms with E-state index in [9.17, 15) is 0 Å². The summed E-state index contributed by atoms with van der Waals surface area (Å²) in [5.41, 5.74) is 2.87. The molecule has 1 aromatic rings. The molecule has 1 aliphatic rings. The van der Waals surface area contributed by atoms with E-state index in [1.165, 1.54) is 62.2 Å². The summed E-state index contributed by atoms with van der Waals surface area (Å²) in [7, 11) is 0. The van der Waals surface area contributed by atoms with Crippen LogP contribution in [0.3, 0.4) is 0 Å². The zero-order chi connectivity index (χ0) is 12.8. The van der Waals surface area contributed by atoms with Crippen LogP contribution >= 0.6 is 0 Å². The van der Waals surface area contributed by atoms with Gasteiger partial charge in [-0.15, -0.1) is 0 Å². The molecule has 0 amide bonds. The molecule has 0 atom stereocenters. The van der Waals surface area contributed by atoms with Crippen LogP contribution < -0.4 is 5.32 Å². The van der Waals surface area contributed by atoms with Gasteiger partial charge in [-0.05, 0) is 45.6 Å². The Morgan fingerprint density at radius 1 is 1.17 bits per heavy atom. The van der Waals surface area contributed by atoms with Crippen molar-refractivity contribution in [1.29, 1.82) is 0 Å². The lowest BCUT2D eigenvalue weighted by molar-refractivity contribution is 0.542. The lowest BCUT2D eigenvalue weighted by Crippen LogP contribution is -2.22. The first-order valence-corrected chi connectivity index (χ1v) is 7.58. The van der Waals surface area contributed by atoms with Crippen LogP contribution in [-0.4, -0.2) is 22.6 Å². The highest BCUT2D eigenvalue weighted by atomic mass is 15.1. The molecule has 0 aliphatic heterocycles. The van der Waals surface area contributed by atoms with Crippen molar-refractivity contribution in [2.75, 3.05) is 13.1 Å². The van der Waals surface area contributed by atoms with Crippen molar-refractivity contribution >= 4 is 0 Å². The molecule has 0 spiro atoms. The normalized spacial score (nSPS) is 14.8. The molecule has 2 rings (SSSR count). The Balaban J connectivity index is 1.80. The van der Waals surface area contributed by atoms with Crippen LogP contribution in [0.4, 0.5) is 0 Å². The summed E-state index contributed by atoms with van der Waals surface area (Å²) in [4.78, 5) is 4.71. The lowest BCUT2D eigenvalue weighted by Gasteiger charge is -2.15. The number of fused-ring (bicyclic) bond motifs is 1. The van der Waals surface area contributed by atoms with Gasteiger partial charge in [0.2, 0.25) is 0 Å². The predicted octanol–water partition coefficient (Wildman–Crippen LogP) is 2.85. The number of nitrogens with one attached hydrogen (secondary N) is 1. The van der Waals surface area contributed by atoms with E-state index < -0.39 is 0 Å². The van der Waals surface area contributed by atoms with E-state index in [1.807, 2.05) is 0 Å². The van der Waals surface area contributed by atoms with Gasteiger partial charge in [-0.1, -0.05) is 19.8 Å². The summed E-state index contributed by atoms with van der Waals surface area (Å²) in [6.07, 6.45) is 9.01. The summed E-state index contributed by atoms with van der Waals surface area (Å²) in [6, 6.07) is 0. The van der Waals surface area contributed by atoms with Gasteiger partial charge >= 0.3 is 0 Å². The van der Waals surface area contributed by atoms with E-state index in [-0.39, 0.29) is 0 Å².